The van der Waals surface area contributed by atoms with Gasteiger partial charge in [0.1, 0.15) is 12.6 Å². The molecule has 0 aromatic rings. The third kappa shape index (κ3) is 33.1. The number of ether oxygens (including phenoxy) is 2. The zero-order valence-electron chi connectivity index (χ0n) is 31.2. The molecule has 0 aliphatic carbocycles. The second-order valence-corrected chi connectivity index (χ2v) is 14.5. The maximum absolute atomic E-state index is 12.5. The fourth-order valence-corrected chi connectivity index (χ4v) is 5.80. The van der Waals surface area contributed by atoms with Crippen LogP contribution >= 0.6 is 7.82 Å². The number of carboxylic acids is 1. The normalized spacial score (nSPS) is 14.2. The number of phosphoric ester groups is 1. The molecule has 0 saturated heterocycles. The second-order valence-electron chi connectivity index (χ2n) is 13.1. The molecule has 292 valence electrons. The van der Waals surface area contributed by atoms with Crippen molar-refractivity contribution in [3.63, 3.8) is 0 Å². The van der Waals surface area contributed by atoms with Gasteiger partial charge >= 0.3 is 25.7 Å². The number of hydrogen-bond donors (Lipinski definition) is 3. The van der Waals surface area contributed by atoms with Crippen LogP contribution in [0.4, 0.5) is 0 Å². The van der Waals surface area contributed by atoms with Crippen LogP contribution in [0.2, 0.25) is 0 Å². The van der Waals surface area contributed by atoms with Crippen LogP contribution in [0.5, 0.6) is 0 Å². The Morgan fingerprint density at radius 3 is 1.46 bits per heavy atom. The second kappa shape index (κ2) is 34.1. The number of phosphoric acid groups is 1. The van der Waals surface area contributed by atoms with E-state index in [2.05, 4.69) is 42.7 Å². The van der Waals surface area contributed by atoms with E-state index in [4.69, 9.17) is 24.8 Å². The molecule has 0 radical (unpaired) electrons. The van der Waals surface area contributed by atoms with Crippen molar-refractivity contribution < 1.29 is 47.5 Å². The van der Waals surface area contributed by atoms with Gasteiger partial charge in [-0.1, -0.05) is 128 Å². The van der Waals surface area contributed by atoms with E-state index < -0.39 is 51.1 Å². The molecule has 0 aromatic carbocycles. The van der Waals surface area contributed by atoms with Crippen molar-refractivity contribution >= 4 is 25.7 Å². The van der Waals surface area contributed by atoms with Gasteiger partial charge < -0.3 is 25.2 Å². The van der Waals surface area contributed by atoms with E-state index in [1.165, 1.54) is 70.6 Å². The van der Waals surface area contributed by atoms with Crippen molar-refractivity contribution in [3.8, 4) is 0 Å². The van der Waals surface area contributed by atoms with Crippen molar-refractivity contribution in [1.82, 2.24) is 0 Å². The standard InChI is InChI=1S/C38H70NO10P/c1-3-5-7-9-11-13-15-16-17-18-20-21-23-25-27-29-36(40)46-31-34(32-47-50(44,45)48-33-35(39)38(42)43)49-37(41)30-28-26-24-22-19-14-12-10-8-6-4-2/h9-12,34-35H,3-8,13-33,39H2,1-2H3,(H,42,43)(H,44,45)/b11-9+,12-10+/t34-,35+/m1/s1. The molecule has 4 N–H and O–H groups in total. The lowest BCUT2D eigenvalue weighted by Crippen LogP contribution is -2.34. The molecule has 0 bridgehead atoms. The summed E-state index contributed by atoms with van der Waals surface area (Å²) in [7, 11) is -4.71. The lowest BCUT2D eigenvalue weighted by atomic mass is 10.1. The highest BCUT2D eigenvalue weighted by Gasteiger charge is 2.28. The predicted octanol–water partition coefficient (Wildman–Crippen LogP) is 9.50. The number of nitrogens with two attached hydrogens (primary N) is 1. The largest absolute Gasteiger partial charge is 0.480 e. The third-order valence-corrected chi connectivity index (χ3v) is 9.12. The highest BCUT2D eigenvalue weighted by Crippen LogP contribution is 2.43. The molecule has 11 nitrogen and oxygen atoms in total. The summed E-state index contributed by atoms with van der Waals surface area (Å²) in [6.45, 7) is 2.70. The molecule has 1 unspecified atom stereocenters. The van der Waals surface area contributed by atoms with E-state index in [1.807, 2.05) is 0 Å². The number of carbonyl (C=O) groups is 3. The zero-order valence-corrected chi connectivity index (χ0v) is 32.1. The molecule has 0 heterocycles. The van der Waals surface area contributed by atoms with E-state index in [0.717, 1.165) is 57.8 Å². The summed E-state index contributed by atoms with van der Waals surface area (Å²) in [6, 6.07) is -1.52. The molecule has 0 aliphatic heterocycles. The topological polar surface area (TPSA) is 172 Å². The molecule has 0 amide bonds. The molecule has 0 spiro atoms. The van der Waals surface area contributed by atoms with Crippen LogP contribution in [-0.2, 0) is 37.5 Å². The van der Waals surface area contributed by atoms with Gasteiger partial charge in [0.05, 0.1) is 13.2 Å². The molecular formula is C38H70NO10P. The van der Waals surface area contributed by atoms with Gasteiger partial charge in [-0.3, -0.25) is 23.4 Å². The van der Waals surface area contributed by atoms with Gasteiger partial charge in [0.2, 0.25) is 0 Å². The minimum absolute atomic E-state index is 0.151. The highest BCUT2D eigenvalue weighted by molar-refractivity contribution is 7.47. The Morgan fingerprint density at radius 1 is 0.600 bits per heavy atom. The van der Waals surface area contributed by atoms with Crippen LogP contribution in [0.25, 0.3) is 0 Å². The maximum Gasteiger partial charge on any atom is 0.472 e. The Morgan fingerprint density at radius 2 is 1.00 bits per heavy atom. The first kappa shape index (κ1) is 48.0. The van der Waals surface area contributed by atoms with Crippen LogP contribution in [0.1, 0.15) is 168 Å². The Labute approximate surface area is 302 Å². The SMILES string of the molecule is CCCC/C=C/CCCCCCCCCCCC(=O)OC[C@H](COP(=O)(O)OC[C@H](N)C(=O)O)OC(=O)CCCCCCC/C=C/CCCC. The van der Waals surface area contributed by atoms with E-state index >= 15 is 0 Å². The first-order valence-electron chi connectivity index (χ1n) is 19.4. The van der Waals surface area contributed by atoms with Crippen molar-refractivity contribution in [2.45, 2.75) is 180 Å². The molecule has 50 heavy (non-hydrogen) atoms. The van der Waals surface area contributed by atoms with Crippen molar-refractivity contribution in [3.05, 3.63) is 24.3 Å². The van der Waals surface area contributed by atoms with E-state index in [0.29, 0.717) is 12.8 Å². The van der Waals surface area contributed by atoms with Crippen LogP contribution in [0.3, 0.4) is 0 Å². The maximum atomic E-state index is 12.5. The van der Waals surface area contributed by atoms with Crippen LogP contribution < -0.4 is 5.73 Å². The van der Waals surface area contributed by atoms with Gasteiger partial charge in [-0.25, -0.2) is 4.57 Å². The fraction of sp³-hybridized carbons (Fsp3) is 0.816. The fourth-order valence-electron chi connectivity index (χ4n) is 5.03. The van der Waals surface area contributed by atoms with E-state index in [1.54, 1.807) is 0 Å². The number of carbonyl (C=O) groups excluding carboxylic acids is 2. The quantitative estimate of drug-likeness (QED) is 0.0242. The van der Waals surface area contributed by atoms with Gasteiger partial charge in [0.25, 0.3) is 0 Å². The van der Waals surface area contributed by atoms with Crippen LogP contribution in [-0.4, -0.2) is 59.9 Å². The van der Waals surface area contributed by atoms with Crippen LogP contribution in [0, 0.1) is 0 Å². The zero-order chi connectivity index (χ0) is 37.1. The summed E-state index contributed by atoms with van der Waals surface area (Å²) in [5.74, 6) is -2.39. The molecule has 0 fully saturated rings. The van der Waals surface area contributed by atoms with Gasteiger partial charge in [-0.15, -0.1) is 0 Å². The number of rotatable bonds is 36. The van der Waals surface area contributed by atoms with E-state index in [-0.39, 0.29) is 19.4 Å². The number of esters is 2. The summed E-state index contributed by atoms with van der Waals surface area (Å²) in [5, 5.41) is 8.85. The van der Waals surface area contributed by atoms with Crippen molar-refractivity contribution in [2.75, 3.05) is 19.8 Å². The van der Waals surface area contributed by atoms with E-state index in [9.17, 15) is 23.8 Å². The average molecular weight is 732 g/mol. The molecule has 0 aromatic heterocycles. The van der Waals surface area contributed by atoms with Gasteiger partial charge in [0.15, 0.2) is 6.10 Å². The van der Waals surface area contributed by atoms with Gasteiger partial charge in [0, 0.05) is 12.8 Å². The lowest BCUT2D eigenvalue weighted by molar-refractivity contribution is -0.161. The van der Waals surface area contributed by atoms with Crippen molar-refractivity contribution in [2.24, 2.45) is 5.73 Å². The molecule has 12 heteroatoms. The molecular weight excluding hydrogens is 661 g/mol. The van der Waals surface area contributed by atoms with Gasteiger partial charge in [-0.05, 0) is 51.4 Å². The molecule has 0 saturated carbocycles. The lowest BCUT2D eigenvalue weighted by Gasteiger charge is -2.20. The summed E-state index contributed by atoms with van der Waals surface area (Å²) in [6.07, 6.45) is 32.5. The summed E-state index contributed by atoms with van der Waals surface area (Å²) in [4.78, 5) is 45.7. The van der Waals surface area contributed by atoms with Crippen LogP contribution in [0.15, 0.2) is 24.3 Å². The minimum Gasteiger partial charge on any atom is -0.480 e. The smallest absolute Gasteiger partial charge is 0.472 e. The summed E-state index contributed by atoms with van der Waals surface area (Å²) < 4.78 is 32.5. The first-order chi connectivity index (χ1) is 24.1. The minimum atomic E-state index is -4.71. The third-order valence-electron chi connectivity index (χ3n) is 8.17. The Balaban J connectivity index is 4.41. The monoisotopic (exact) mass is 731 g/mol. The predicted molar refractivity (Wildman–Crippen MR) is 199 cm³/mol. The number of hydrogen-bond acceptors (Lipinski definition) is 9. The average Bonchev–Trinajstić information content (AvgIpc) is 3.09. The molecule has 0 rings (SSSR count). The Hall–Kier alpha value is -2.04. The first-order valence-corrected chi connectivity index (χ1v) is 20.9. The summed E-state index contributed by atoms with van der Waals surface area (Å²) in [5.41, 5.74) is 5.31. The number of unbranched alkanes of at least 4 members (excludes halogenated alkanes) is 18. The Bertz CT molecular complexity index is 958. The highest BCUT2D eigenvalue weighted by atomic mass is 31.2. The summed E-state index contributed by atoms with van der Waals surface area (Å²) >= 11 is 0. The van der Waals surface area contributed by atoms with Crippen molar-refractivity contribution in [1.29, 1.82) is 0 Å². The number of carboxylic acid groups (broad SMARTS) is 1. The van der Waals surface area contributed by atoms with Gasteiger partial charge in [-0.2, -0.15) is 0 Å². The number of aliphatic carboxylic acids is 1. The number of allylic oxidation sites excluding steroid dienone is 4. The Kier molecular flexibility index (Phi) is 32.7. The molecule has 3 atom stereocenters. The molecule has 0 aliphatic rings.